The van der Waals surface area contributed by atoms with E-state index in [2.05, 4.69) is 10.3 Å². The highest BCUT2D eigenvalue weighted by molar-refractivity contribution is 5.35. The molecule has 1 aromatic carbocycles. The maximum Gasteiger partial charge on any atom is 0.200 e. The summed E-state index contributed by atoms with van der Waals surface area (Å²) in [4.78, 5) is 4.28. The fraction of sp³-hybridized carbons (Fsp3) is 0.214. The Hall–Kier alpha value is -2.17. The van der Waals surface area contributed by atoms with Crippen LogP contribution in [-0.4, -0.2) is 11.5 Å². The van der Waals surface area contributed by atoms with Crippen LogP contribution < -0.4 is 10.1 Å². The Morgan fingerprint density at radius 3 is 2.74 bits per heavy atom. The number of rotatable bonds is 5. The normalized spacial score (nSPS) is 10.3. The van der Waals surface area contributed by atoms with E-state index in [1.54, 1.807) is 6.07 Å². The smallest absolute Gasteiger partial charge is 0.200 e. The number of aromatic nitrogens is 1. The topological polar surface area (TPSA) is 34.1 Å². The lowest BCUT2D eigenvalue weighted by molar-refractivity contribution is 0.280. The van der Waals surface area contributed by atoms with E-state index in [-0.39, 0.29) is 12.4 Å². The molecule has 0 fully saturated rings. The van der Waals surface area contributed by atoms with Gasteiger partial charge in [0.05, 0.1) is 5.69 Å². The summed E-state index contributed by atoms with van der Waals surface area (Å²) in [6.45, 7) is 2.81. The van der Waals surface area contributed by atoms with E-state index in [0.29, 0.717) is 5.69 Å². The first-order valence-corrected chi connectivity index (χ1v) is 5.97. The molecule has 0 aliphatic carbocycles. The van der Waals surface area contributed by atoms with Crippen molar-refractivity contribution in [3.8, 4) is 5.75 Å². The summed E-state index contributed by atoms with van der Waals surface area (Å²) in [5.74, 6) is -1.30. The summed E-state index contributed by atoms with van der Waals surface area (Å²) in [5, 5.41) is 3.07. The van der Waals surface area contributed by atoms with Crippen LogP contribution in [0.3, 0.4) is 0 Å². The van der Waals surface area contributed by atoms with Crippen molar-refractivity contribution >= 4 is 5.82 Å². The molecule has 0 saturated carbocycles. The van der Waals surface area contributed by atoms with E-state index in [4.69, 9.17) is 4.74 Å². The Morgan fingerprint density at radius 2 is 1.95 bits per heavy atom. The molecule has 0 atom stereocenters. The lowest BCUT2D eigenvalue weighted by atomic mass is 10.3. The van der Waals surface area contributed by atoms with Crippen molar-refractivity contribution in [3.63, 3.8) is 0 Å². The number of hydrogen-bond acceptors (Lipinski definition) is 3. The fourth-order valence-corrected chi connectivity index (χ4v) is 1.59. The Labute approximate surface area is 110 Å². The molecule has 0 radical (unpaired) electrons. The molecule has 2 rings (SSSR count). The SMILES string of the molecule is CCNc1cccc(COc2cccc(F)c2F)n1. The summed E-state index contributed by atoms with van der Waals surface area (Å²) >= 11 is 0. The van der Waals surface area contributed by atoms with E-state index < -0.39 is 11.6 Å². The third-order valence-electron chi connectivity index (χ3n) is 2.46. The van der Waals surface area contributed by atoms with Gasteiger partial charge >= 0.3 is 0 Å². The molecular formula is C14H14F2N2O. The summed E-state index contributed by atoms with van der Waals surface area (Å²) in [6.07, 6.45) is 0. The average Bonchev–Trinajstić information content (AvgIpc) is 2.41. The largest absolute Gasteiger partial charge is 0.484 e. The van der Waals surface area contributed by atoms with Crippen LogP contribution >= 0.6 is 0 Å². The van der Waals surface area contributed by atoms with Crippen molar-refractivity contribution in [1.29, 1.82) is 0 Å². The van der Waals surface area contributed by atoms with Crippen LogP contribution in [0, 0.1) is 11.6 Å². The van der Waals surface area contributed by atoms with Gasteiger partial charge in [-0.1, -0.05) is 12.1 Å². The molecule has 0 saturated heterocycles. The van der Waals surface area contributed by atoms with Crippen LogP contribution in [-0.2, 0) is 6.61 Å². The zero-order valence-corrected chi connectivity index (χ0v) is 10.5. The van der Waals surface area contributed by atoms with Crippen molar-refractivity contribution in [2.75, 3.05) is 11.9 Å². The number of pyridine rings is 1. The van der Waals surface area contributed by atoms with Gasteiger partial charge in [0, 0.05) is 6.54 Å². The highest BCUT2D eigenvalue weighted by atomic mass is 19.2. The highest BCUT2D eigenvalue weighted by Gasteiger charge is 2.09. The van der Waals surface area contributed by atoms with Crippen LogP contribution in [0.2, 0.25) is 0 Å². The first-order valence-electron chi connectivity index (χ1n) is 5.97. The van der Waals surface area contributed by atoms with Crippen LogP contribution in [0.1, 0.15) is 12.6 Å². The van der Waals surface area contributed by atoms with Crippen molar-refractivity contribution in [2.24, 2.45) is 0 Å². The second-order valence-corrected chi connectivity index (χ2v) is 3.89. The van der Waals surface area contributed by atoms with E-state index >= 15 is 0 Å². The van der Waals surface area contributed by atoms with Gasteiger partial charge < -0.3 is 10.1 Å². The lowest BCUT2D eigenvalue weighted by Gasteiger charge is -2.08. The van der Waals surface area contributed by atoms with Gasteiger partial charge in [-0.25, -0.2) is 9.37 Å². The summed E-state index contributed by atoms with van der Waals surface area (Å²) in [7, 11) is 0. The number of nitrogens with one attached hydrogen (secondary N) is 1. The second-order valence-electron chi connectivity index (χ2n) is 3.89. The quantitative estimate of drug-likeness (QED) is 0.899. The first kappa shape index (κ1) is 13.3. The standard InChI is InChI=1S/C14H14F2N2O/c1-2-17-13-8-3-5-10(18-13)9-19-12-7-4-6-11(15)14(12)16/h3-8H,2,9H2,1H3,(H,17,18). The van der Waals surface area contributed by atoms with Crippen molar-refractivity contribution in [1.82, 2.24) is 4.98 Å². The lowest BCUT2D eigenvalue weighted by Crippen LogP contribution is -2.04. The number of halogens is 2. The van der Waals surface area contributed by atoms with Gasteiger partial charge in [-0.3, -0.25) is 0 Å². The first-order chi connectivity index (χ1) is 9.20. The van der Waals surface area contributed by atoms with Gasteiger partial charge in [0.15, 0.2) is 11.6 Å². The predicted molar refractivity (Wildman–Crippen MR) is 69.1 cm³/mol. The minimum absolute atomic E-state index is 0.0829. The summed E-state index contributed by atoms with van der Waals surface area (Å²) in [5.41, 5.74) is 0.641. The van der Waals surface area contributed by atoms with Crippen LogP contribution in [0.4, 0.5) is 14.6 Å². The zero-order valence-electron chi connectivity index (χ0n) is 10.5. The van der Waals surface area contributed by atoms with E-state index in [1.807, 2.05) is 19.1 Å². The average molecular weight is 264 g/mol. The van der Waals surface area contributed by atoms with E-state index in [9.17, 15) is 8.78 Å². The molecular weight excluding hydrogens is 250 g/mol. The molecule has 1 N–H and O–H groups in total. The van der Waals surface area contributed by atoms with Gasteiger partial charge in [-0.15, -0.1) is 0 Å². The molecule has 1 aromatic heterocycles. The van der Waals surface area contributed by atoms with Gasteiger partial charge in [0.25, 0.3) is 0 Å². The predicted octanol–water partition coefficient (Wildman–Crippen LogP) is 3.37. The van der Waals surface area contributed by atoms with Gasteiger partial charge in [-0.2, -0.15) is 4.39 Å². The molecule has 0 aliphatic heterocycles. The Bertz CT molecular complexity index is 561. The fourth-order valence-electron chi connectivity index (χ4n) is 1.59. The number of hydrogen-bond donors (Lipinski definition) is 1. The van der Waals surface area contributed by atoms with E-state index in [1.165, 1.54) is 12.1 Å². The molecule has 100 valence electrons. The van der Waals surface area contributed by atoms with Crippen LogP contribution in [0.5, 0.6) is 5.75 Å². The van der Waals surface area contributed by atoms with Gasteiger partial charge in [0.2, 0.25) is 5.82 Å². The molecule has 3 nitrogen and oxygen atoms in total. The number of ether oxygens (including phenoxy) is 1. The van der Waals surface area contributed by atoms with Gasteiger partial charge in [0.1, 0.15) is 12.4 Å². The maximum absolute atomic E-state index is 13.4. The molecule has 0 bridgehead atoms. The maximum atomic E-state index is 13.4. The molecule has 2 aromatic rings. The number of anilines is 1. The Morgan fingerprint density at radius 1 is 1.16 bits per heavy atom. The minimum Gasteiger partial charge on any atom is -0.484 e. The highest BCUT2D eigenvalue weighted by Crippen LogP contribution is 2.20. The molecule has 0 amide bonds. The van der Waals surface area contributed by atoms with Crippen molar-refractivity contribution in [3.05, 3.63) is 53.7 Å². The second kappa shape index (κ2) is 6.13. The zero-order chi connectivity index (χ0) is 13.7. The van der Waals surface area contributed by atoms with Gasteiger partial charge in [-0.05, 0) is 31.2 Å². The molecule has 0 spiro atoms. The summed E-state index contributed by atoms with van der Waals surface area (Å²) in [6, 6.07) is 9.24. The van der Waals surface area contributed by atoms with E-state index in [0.717, 1.165) is 18.4 Å². The summed E-state index contributed by atoms with van der Waals surface area (Å²) < 4.78 is 31.6. The third-order valence-corrected chi connectivity index (χ3v) is 2.46. The Kier molecular flexibility index (Phi) is 4.28. The monoisotopic (exact) mass is 264 g/mol. The van der Waals surface area contributed by atoms with Crippen molar-refractivity contribution < 1.29 is 13.5 Å². The molecule has 0 unspecified atom stereocenters. The third kappa shape index (κ3) is 3.40. The Balaban J connectivity index is 2.06. The molecule has 5 heteroatoms. The number of benzene rings is 1. The van der Waals surface area contributed by atoms with Crippen LogP contribution in [0.15, 0.2) is 36.4 Å². The molecule has 1 heterocycles. The van der Waals surface area contributed by atoms with Crippen molar-refractivity contribution in [2.45, 2.75) is 13.5 Å². The number of nitrogens with zero attached hydrogens (tertiary/aromatic N) is 1. The minimum atomic E-state index is -0.981. The molecule has 0 aliphatic rings. The molecule has 19 heavy (non-hydrogen) atoms. The van der Waals surface area contributed by atoms with Crippen LogP contribution in [0.25, 0.3) is 0 Å².